The van der Waals surface area contributed by atoms with Gasteiger partial charge in [-0.25, -0.2) is 4.79 Å². The number of carbonyl (C=O) groups is 2. The van der Waals surface area contributed by atoms with Crippen molar-refractivity contribution in [1.29, 1.82) is 0 Å². The molecule has 1 heterocycles. The van der Waals surface area contributed by atoms with Crippen LogP contribution in [0.2, 0.25) is 0 Å². The van der Waals surface area contributed by atoms with Crippen LogP contribution in [-0.2, 0) is 16.2 Å². The van der Waals surface area contributed by atoms with Gasteiger partial charge in [-0.3, -0.25) is 9.69 Å². The van der Waals surface area contributed by atoms with E-state index in [2.05, 4.69) is 0 Å². The first-order chi connectivity index (χ1) is 13.0. The lowest BCUT2D eigenvalue weighted by atomic mass is 10.2. The molecule has 1 N–H and O–H groups in total. The van der Waals surface area contributed by atoms with Gasteiger partial charge in [0.1, 0.15) is 22.7 Å². The van der Waals surface area contributed by atoms with Crippen LogP contribution in [0.5, 0.6) is 5.75 Å². The average molecular weight is 399 g/mol. The topological polar surface area (TPSA) is 66.8 Å². The first kappa shape index (κ1) is 19.1. The average Bonchev–Trinajstić information content (AvgIpc) is 2.94. The number of amides is 1. The molecule has 0 aliphatic carbocycles. The molecule has 1 fully saturated rings. The largest absolute Gasteiger partial charge is 0.489 e. The van der Waals surface area contributed by atoms with E-state index >= 15 is 0 Å². The van der Waals surface area contributed by atoms with Crippen LogP contribution in [0.1, 0.15) is 18.1 Å². The van der Waals surface area contributed by atoms with Crippen molar-refractivity contribution in [3.05, 3.63) is 70.6 Å². The van der Waals surface area contributed by atoms with Crippen molar-refractivity contribution < 1.29 is 19.4 Å². The van der Waals surface area contributed by atoms with Gasteiger partial charge in [0, 0.05) is 0 Å². The number of hydrogen-bond donors (Lipinski definition) is 1. The van der Waals surface area contributed by atoms with Crippen molar-refractivity contribution in [2.24, 2.45) is 0 Å². The van der Waals surface area contributed by atoms with E-state index in [4.69, 9.17) is 22.1 Å². The molecule has 0 aromatic heterocycles. The Morgan fingerprint density at radius 3 is 2.52 bits per heavy atom. The highest BCUT2D eigenvalue weighted by atomic mass is 32.2. The van der Waals surface area contributed by atoms with Crippen molar-refractivity contribution >= 4 is 46.3 Å². The third kappa shape index (κ3) is 4.56. The normalized spacial score (nSPS) is 16.6. The van der Waals surface area contributed by atoms with Gasteiger partial charge in [0.15, 0.2) is 0 Å². The van der Waals surface area contributed by atoms with Crippen LogP contribution in [0.4, 0.5) is 0 Å². The number of ether oxygens (including phenoxy) is 1. The third-order valence-electron chi connectivity index (χ3n) is 3.99. The number of benzene rings is 2. The summed E-state index contributed by atoms with van der Waals surface area (Å²) in [4.78, 5) is 25.1. The fourth-order valence-electron chi connectivity index (χ4n) is 2.48. The molecule has 1 amide bonds. The minimum Gasteiger partial charge on any atom is -0.489 e. The molecule has 138 valence electrons. The smallest absolute Gasteiger partial charge is 0.326 e. The zero-order valence-corrected chi connectivity index (χ0v) is 16.1. The first-order valence-corrected chi connectivity index (χ1v) is 9.45. The van der Waals surface area contributed by atoms with Crippen molar-refractivity contribution in [3.63, 3.8) is 0 Å². The summed E-state index contributed by atoms with van der Waals surface area (Å²) in [5.41, 5.74) is 1.89. The Balaban J connectivity index is 1.68. The number of nitrogens with zero attached hydrogens (tertiary/aromatic N) is 1. The number of thiocarbonyl (C=S) groups is 1. The Labute approximate surface area is 166 Å². The molecular weight excluding hydrogens is 382 g/mol. The first-order valence-electron chi connectivity index (χ1n) is 8.22. The highest BCUT2D eigenvalue weighted by Gasteiger charge is 2.38. The second-order valence-corrected chi connectivity index (χ2v) is 7.58. The van der Waals surface area contributed by atoms with Gasteiger partial charge in [0.05, 0.1) is 4.91 Å². The van der Waals surface area contributed by atoms with Crippen LogP contribution in [0.3, 0.4) is 0 Å². The van der Waals surface area contributed by atoms with E-state index in [1.165, 1.54) is 6.92 Å². The lowest BCUT2D eigenvalue weighted by Gasteiger charge is -2.18. The van der Waals surface area contributed by atoms with Crippen molar-refractivity contribution in [2.45, 2.75) is 19.6 Å². The quantitative estimate of drug-likeness (QED) is 0.586. The minimum absolute atomic E-state index is 0.254. The second kappa shape index (κ2) is 8.37. The molecule has 27 heavy (non-hydrogen) atoms. The zero-order chi connectivity index (χ0) is 19.4. The van der Waals surface area contributed by atoms with E-state index in [0.29, 0.717) is 11.5 Å². The van der Waals surface area contributed by atoms with Crippen molar-refractivity contribution in [1.82, 2.24) is 4.90 Å². The van der Waals surface area contributed by atoms with E-state index in [1.807, 2.05) is 54.6 Å². The molecule has 0 saturated carbocycles. The van der Waals surface area contributed by atoms with Crippen molar-refractivity contribution in [2.75, 3.05) is 0 Å². The van der Waals surface area contributed by atoms with Crippen LogP contribution in [0.25, 0.3) is 6.08 Å². The molecular formula is C20H17NO4S2. The Kier molecular flexibility index (Phi) is 5.93. The summed E-state index contributed by atoms with van der Waals surface area (Å²) in [6, 6.07) is 16.2. The predicted molar refractivity (Wildman–Crippen MR) is 109 cm³/mol. The summed E-state index contributed by atoms with van der Waals surface area (Å²) < 4.78 is 6.00. The maximum atomic E-state index is 12.5. The molecule has 1 atom stereocenters. The Morgan fingerprint density at radius 2 is 1.89 bits per heavy atom. The van der Waals surface area contributed by atoms with Crippen molar-refractivity contribution in [3.8, 4) is 5.75 Å². The van der Waals surface area contributed by atoms with Crippen LogP contribution in [-0.4, -0.2) is 32.2 Å². The Hall–Kier alpha value is -2.64. The fraction of sp³-hybridized carbons (Fsp3) is 0.150. The molecule has 1 aliphatic heterocycles. The van der Waals surface area contributed by atoms with E-state index in [1.54, 1.807) is 6.08 Å². The van der Waals surface area contributed by atoms with Gasteiger partial charge in [-0.2, -0.15) is 0 Å². The van der Waals surface area contributed by atoms with Gasteiger partial charge in [-0.05, 0) is 36.3 Å². The molecule has 0 radical (unpaired) electrons. The number of carboxylic acid groups (broad SMARTS) is 1. The minimum atomic E-state index is -1.09. The molecule has 3 rings (SSSR count). The molecule has 2 aromatic rings. The van der Waals surface area contributed by atoms with Crippen LogP contribution in [0, 0.1) is 0 Å². The summed E-state index contributed by atoms with van der Waals surface area (Å²) in [6.45, 7) is 1.92. The summed E-state index contributed by atoms with van der Waals surface area (Å²) in [5, 5.41) is 9.12. The molecule has 0 spiro atoms. The summed E-state index contributed by atoms with van der Waals surface area (Å²) in [6.07, 6.45) is 1.70. The SMILES string of the molecule is CC(C(=O)O)N1C(=O)C(=Cc2ccc(OCc3ccccc3)cc2)SC1=S. The van der Waals surface area contributed by atoms with E-state index < -0.39 is 12.0 Å². The fourth-order valence-corrected chi connectivity index (χ4v) is 3.90. The van der Waals surface area contributed by atoms with Gasteiger partial charge < -0.3 is 9.84 Å². The second-order valence-electron chi connectivity index (χ2n) is 5.91. The van der Waals surface area contributed by atoms with Crippen LogP contribution in [0.15, 0.2) is 59.5 Å². The molecule has 5 nitrogen and oxygen atoms in total. The molecule has 0 bridgehead atoms. The summed E-state index contributed by atoms with van der Waals surface area (Å²) in [7, 11) is 0. The number of aliphatic carboxylic acids is 1. The van der Waals surface area contributed by atoms with Gasteiger partial charge in [-0.15, -0.1) is 0 Å². The molecule has 1 aliphatic rings. The third-order valence-corrected chi connectivity index (χ3v) is 5.32. The van der Waals surface area contributed by atoms with Crippen LogP contribution < -0.4 is 4.74 Å². The summed E-state index contributed by atoms with van der Waals surface area (Å²) in [5.74, 6) is -0.750. The predicted octanol–water partition coefficient (Wildman–Crippen LogP) is 3.94. The number of carboxylic acids is 1. The van der Waals surface area contributed by atoms with Gasteiger partial charge in [-0.1, -0.05) is 66.4 Å². The van der Waals surface area contributed by atoms with Gasteiger partial charge >= 0.3 is 5.97 Å². The summed E-state index contributed by atoms with van der Waals surface area (Å²) >= 11 is 6.26. The number of thioether (sulfide) groups is 1. The highest BCUT2D eigenvalue weighted by Crippen LogP contribution is 2.34. The Bertz CT molecular complexity index is 894. The monoisotopic (exact) mass is 399 g/mol. The van der Waals surface area contributed by atoms with Gasteiger partial charge in [0.2, 0.25) is 0 Å². The number of carbonyl (C=O) groups excluding carboxylic acids is 1. The number of rotatable bonds is 6. The zero-order valence-electron chi connectivity index (χ0n) is 14.5. The van der Waals surface area contributed by atoms with E-state index in [9.17, 15) is 9.59 Å². The molecule has 2 aromatic carbocycles. The Morgan fingerprint density at radius 1 is 1.22 bits per heavy atom. The molecule has 1 saturated heterocycles. The highest BCUT2D eigenvalue weighted by molar-refractivity contribution is 8.26. The van der Waals surface area contributed by atoms with Crippen LogP contribution >= 0.6 is 24.0 Å². The molecule has 7 heteroatoms. The number of hydrogen-bond acceptors (Lipinski definition) is 5. The lowest BCUT2D eigenvalue weighted by molar-refractivity contribution is -0.144. The maximum absolute atomic E-state index is 12.5. The van der Waals surface area contributed by atoms with Gasteiger partial charge in [0.25, 0.3) is 5.91 Å². The van der Waals surface area contributed by atoms with E-state index in [0.717, 1.165) is 33.5 Å². The van der Waals surface area contributed by atoms with E-state index in [-0.39, 0.29) is 10.2 Å². The standard InChI is InChI=1S/C20H17NO4S2/c1-13(19(23)24)21-18(22)17(27-20(21)26)11-14-7-9-16(10-8-14)25-12-15-5-3-2-4-6-15/h2-11,13H,12H2,1H3,(H,23,24). The maximum Gasteiger partial charge on any atom is 0.326 e. The molecule has 1 unspecified atom stereocenters. The lowest BCUT2D eigenvalue weighted by Crippen LogP contribution is -2.41.